The van der Waals surface area contributed by atoms with Crippen molar-refractivity contribution in [1.29, 1.82) is 0 Å². The first-order chi connectivity index (χ1) is 6.99. The molecule has 0 aromatic heterocycles. The second-order valence-electron chi connectivity index (χ2n) is 3.01. The summed E-state index contributed by atoms with van der Waals surface area (Å²) in [5.41, 5.74) is 4.58. The van der Waals surface area contributed by atoms with E-state index in [1.807, 2.05) is 0 Å². The van der Waals surface area contributed by atoms with Crippen molar-refractivity contribution in [3.05, 3.63) is 47.6 Å². The predicted octanol–water partition coefficient (Wildman–Crippen LogP) is 3.24. The number of halogens is 5. The zero-order valence-corrected chi connectivity index (χ0v) is 8.96. The van der Waals surface area contributed by atoms with Gasteiger partial charge in [-0.15, -0.1) is 19.0 Å². The van der Waals surface area contributed by atoms with Crippen LogP contribution in [0, 0.1) is 23.3 Å². The standard InChI is InChI=1S/C10H9F4N.ClH/c1-2-3-7(15)8-9(13)5(11)4-6(12)10(8)14;/h2,4,7H,1,3,15H2;1H/t7-;/m0./s1. The summed E-state index contributed by atoms with van der Waals surface area (Å²) >= 11 is 0. The maximum atomic E-state index is 13.1. The molecule has 1 aromatic rings. The smallest absolute Gasteiger partial charge is 0.166 e. The van der Waals surface area contributed by atoms with Crippen LogP contribution in [0.15, 0.2) is 18.7 Å². The fraction of sp³-hybridized carbons (Fsp3) is 0.200. The largest absolute Gasteiger partial charge is 0.324 e. The van der Waals surface area contributed by atoms with Crippen LogP contribution in [0.1, 0.15) is 18.0 Å². The lowest BCUT2D eigenvalue weighted by molar-refractivity contribution is 0.427. The van der Waals surface area contributed by atoms with Gasteiger partial charge >= 0.3 is 0 Å². The molecule has 0 aliphatic rings. The van der Waals surface area contributed by atoms with E-state index >= 15 is 0 Å². The highest BCUT2D eigenvalue weighted by Crippen LogP contribution is 2.25. The molecule has 0 saturated heterocycles. The molecule has 0 bridgehead atoms. The topological polar surface area (TPSA) is 26.0 Å². The molecule has 0 radical (unpaired) electrons. The summed E-state index contributed by atoms with van der Waals surface area (Å²) < 4.78 is 51.8. The Morgan fingerprint density at radius 1 is 1.19 bits per heavy atom. The van der Waals surface area contributed by atoms with E-state index in [9.17, 15) is 17.6 Å². The van der Waals surface area contributed by atoms with Crippen LogP contribution in [0.4, 0.5) is 17.6 Å². The van der Waals surface area contributed by atoms with Crippen molar-refractivity contribution in [3.63, 3.8) is 0 Å². The van der Waals surface area contributed by atoms with Gasteiger partial charge in [-0.05, 0) is 6.42 Å². The first-order valence-corrected chi connectivity index (χ1v) is 4.18. The van der Waals surface area contributed by atoms with Gasteiger partial charge in [0, 0.05) is 17.7 Å². The first kappa shape index (κ1) is 14.9. The van der Waals surface area contributed by atoms with Crippen LogP contribution < -0.4 is 5.73 Å². The molecule has 0 amide bonds. The van der Waals surface area contributed by atoms with Gasteiger partial charge in [-0.25, -0.2) is 17.6 Å². The monoisotopic (exact) mass is 255 g/mol. The van der Waals surface area contributed by atoms with Crippen molar-refractivity contribution in [2.75, 3.05) is 0 Å². The summed E-state index contributed by atoms with van der Waals surface area (Å²) in [6, 6.07) is -0.998. The van der Waals surface area contributed by atoms with Crippen molar-refractivity contribution in [2.24, 2.45) is 5.73 Å². The fourth-order valence-corrected chi connectivity index (χ4v) is 1.21. The van der Waals surface area contributed by atoms with Gasteiger partial charge in [0.05, 0.1) is 0 Å². The lowest BCUT2D eigenvalue weighted by Gasteiger charge is -2.12. The fourth-order valence-electron chi connectivity index (χ4n) is 1.21. The van der Waals surface area contributed by atoms with E-state index in [2.05, 4.69) is 6.58 Å². The number of nitrogens with two attached hydrogens (primary N) is 1. The molecule has 0 aliphatic heterocycles. The van der Waals surface area contributed by atoms with Crippen LogP contribution in [0.5, 0.6) is 0 Å². The molecule has 1 aromatic carbocycles. The quantitative estimate of drug-likeness (QED) is 0.501. The highest BCUT2D eigenvalue weighted by Gasteiger charge is 2.22. The van der Waals surface area contributed by atoms with Gasteiger partial charge < -0.3 is 5.73 Å². The molecule has 1 rings (SSSR count). The molecule has 0 saturated carbocycles. The van der Waals surface area contributed by atoms with Crippen LogP contribution >= 0.6 is 12.4 Å². The van der Waals surface area contributed by atoms with Crippen molar-refractivity contribution < 1.29 is 17.6 Å². The lowest BCUT2D eigenvalue weighted by atomic mass is 10.0. The highest BCUT2D eigenvalue weighted by molar-refractivity contribution is 5.85. The third kappa shape index (κ3) is 2.74. The van der Waals surface area contributed by atoms with Crippen molar-refractivity contribution in [2.45, 2.75) is 12.5 Å². The van der Waals surface area contributed by atoms with Crippen molar-refractivity contribution in [1.82, 2.24) is 0 Å². The summed E-state index contributed by atoms with van der Waals surface area (Å²) in [5.74, 6) is -5.82. The van der Waals surface area contributed by atoms with Crippen LogP contribution in [0.25, 0.3) is 0 Å². The van der Waals surface area contributed by atoms with E-state index in [1.165, 1.54) is 6.08 Å². The molecule has 0 unspecified atom stereocenters. The second-order valence-corrected chi connectivity index (χ2v) is 3.01. The van der Waals surface area contributed by atoms with Crippen LogP contribution in [-0.2, 0) is 0 Å². The number of benzene rings is 1. The van der Waals surface area contributed by atoms with E-state index in [4.69, 9.17) is 5.73 Å². The SMILES string of the molecule is C=CC[C@H](N)c1c(F)c(F)cc(F)c1F.Cl. The normalized spacial score (nSPS) is 11.8. The maximum Gasteiger partial charge on any atom is 0.166 e. The van der Waals surface area contributed by atoms with Gasteiger partial charge in [-0.2, -0.15) is 0 Å². The zero-order chi connectivity index (χ0) is 11.6. The van der Waals surface area contributed by atoms with Crippen LogP contribution in [0.3, 0.4) is 0 Å². The Hall–Kier alpha value is -1.07. The average Bonchev–Trinajstić information content (AvgIpc) is 2.16. The minimum atomic E-state index is -1.46. The summed E-state index contributed by atoms with van der Waals surface area (Å²) in [6.07, 6.45) is 1.34. The average molecular weight is 256 g/mol. The molecule has 16 heavy (non-hydrogen) atoms. The van der Waals surface area contributed by atoms with Crippen molar-refractivity contribution in [3.8, 4) is 0 Å². The Balaban J connectivity index is 0.00000225. The molecule has 6 heteroatoms. The first-order valence-electron chi connectivity index (χ1n) is 4.18. The van der Waals surface area contributed by atoms with Gasteiger partial charge in [0.1, 0.15) is 0 Å². The lowest BCUT2D eigenvalue weighted by Crippen LogP contribution is -2.15. The Bertz CT molecular complexity index is 369. The summed E-state index contributed by atoms with van der Waals surface area (Å²) in [7, 11) is 0. The van der Waals surface area contributed by atoms with E-state index in [1.54, 1.807) is 0 Å². The minimum absolute atomic E-state index is 0. The third-order valence-electron chi connectivity index (χ3n) is 1.94. The number of hydrogen-bond acceptors (Lipinski definition) is 1. The van der Waals surface area contributed by atoms with Gasteiger partial charge in [0.25, 0.3) is 0 Å². The third-order valence-corrected chi connectivity index (χ3v) is 1.94. The molecule has 0 fully saturated rings. The minimum Gasteiger partial charge on any atom is -0.324 e. The van der Waals surface area contributed by atoms with E-state index in [0.717, 1.165) is 0 Å². The van der Waals surface area contributed by atoms with Crippen molar-refractivity contribution >= 4 is 12.4 Å². The molecule has 1 nitrogen and oxygen atoms in total. The van der Waals surface area contributed by atoms with E-state index < -0.39 is 34.9 Å². The molecule has 0 heterocycles. The Morgan fingerprint density at radius 3 is 2.00 bits per heavy atom. The summed E-state index contributed by atoms with van der Waals surface area (Å²) in [4.78, 5) is 0. The van der Waals surface area contributed by atoms with E-state index in [-0.39, 0.29) is 24.9 Å². The predicted molar refractivity (Wildman–Crippen MR) is 55.3 cm³/mol. The van der Waals surface area contributed by atoms with Crippen LogP contribution in [-0.4, -0.2) is 0 Å². The van der Waals surface area contributed by atoms with Gasteiger partial charge in [-0.1, -0.05) is 6.08 Å². The maximum absolute atomic E-state index is 13.1. The van der Waals surface area contributed by atoms with E-state index in [0.29, 0.717) is 0 Å². The van der Waals surface area contributed by atoms with Gasteiger partial charge in [-0.3, -0.25) is 0 Å². The molecule has 2 N–H and O–H groups in total. The number of rotatable bonds is 3. The Kier molecular flexibility index (Phi) is 5.47. The molecule has 90 valence electrons. The van der Waals surface area contributed by atoms with Gasteiger partial charge in [0.2, 0.25) is 0 Å². The molecule has 0 spiro atoms. The highest BCUT2D eigenvalue weighted by atomic mass is 35.5. The second kappa shape index (κ2) is 5.86. The van der Waals surface area contributed by atoms with Gasteiger partial charge in [0.15, 0.2) is 23.3 Å². The molecular weight excluding hydrogens is 246 g/mol. The molecular formula is C10H10ClF4N. The summed E-state index contributed by atoms with van der Waals surface area (Å²) in [5, 5.41) is 0. The Morgan fingerprint density at radius 2 is 1.62 bits per heavy atom. The molecule has 1 atom stereocenters. The summed E-state index contributed by atoms with van der Waals surface area (Å²) in [6.45, 7) is 3.32. The van der Waals surface area contributed by atoms with Crippen LogP contribution in [0.2, 0.25) is 0 Å². The molecule has 0 aliphatic carbocycles. The number of hydrogen-bond donors (Lipinski definition) is 1. The zero-order valence-electron chi connectivity index (χ0n) is 8.14. The Labute approximate surface area is 96.4 Å².